The monoisotopic (exact) mass is 230 g/mol. The molecule has 0 amide bonds. The molecule has 4 heteroatoms. The first-order chi connectivity index (χ1) is 7.86. The van der Waals surface area contributed by atoms with E-state index in [2.05, 4.69) is 9.98 Å². The van der Waals surface area contributed by atoms with Crippen molar-refractivity contribution in [1.29, 1.82) is 0 Å². The van der Waals surface area contributed by atoms with Gasteiger partial charge in [-0.25, -0.2) is 0 Å². The number of rotatable bonds is 2. The number of nitrogens with zero attached hydrogens (tertiary/aromatic N) is 1. The third-order valence-corrected chi connectivity index (χ3v) is 3.59. The number of aromatic nitrogens is 1. The number of H-pyrrole nitrogens is 1. The molecule has 1 aliphatic rings. The van der Waals surface area contributed by atoms with Gasteiger partial charge in [0.15, 0.2) is 0 Å². The van der Waals surface area contributed by atoms with Crippen LogP contribution in [0.25, 0.3) is 10.9 Å². The lowest BCUT2D eigenvalue weighted by Gasteiger charge is -1.97. The van der Waals surface area contributed by atoms with Crippen molar-refractivity contribution in [1.82, 2.24) is 4.98 Å². The van der Waals surface area contributed by atoms with Crippen molar-refractivity contribution < 1.29 is 4.79 Å². The summed E-state index contributed by atoms with van der Waals surface area (Å²) in [4.78, 5) is 19.5. The molecule has 0 unspecified atom stereocenters. The topological polar surface area (TPSA) is 45.2 Å². The lowest BCUT2D eigenvalue weighted by Crippen LogP contribution is -2.07. The molecular formula is C12H10N2OS. The van der Waals surface area contributed by atoms with Crippen LogP contribution in [0.15, 0.2) is 35.5 Å². The SMILES string of the molecule is O=C(C1=NCCS1)c1c[nH]c2ccccc12. The number of aromatic amines is 1. The Morgan fingerprint density at radius 2 is 2.25 bits per heavy atom. The normalized spacial score (nSPS) is 15.4. The quantitative estimate of drug-likeness (QED) is 0.806. The molecule has 0 atom stereocenters. The number of benzene rings is 1. The molecule has 0 radical (unpaired) electrons. The number of carbonyl (C=O) groups is 1. The number of thioether (sulfide) groups is 1. The lowest BCUT2D eigenvalue weighted by atomic mass is 10.1. The van der Waals surface area contributed by atoms with Crippen molar-refractivity contribution in [2.24, 2.45) is 4.99 Å². The molecule has 0 saturated carbocycles. The molecular weight excluding hydrogens is 220 g/mol. The van der Waals surface area contributed by atoms with E-state index < -0.39 is 0 Å². The zero-order valence-corrected chi connectivity index (χ0v) is 9.38. The van der Waals surface area contributed by atoms with E-state index in [4.69, 9.17) is 0 Å². The van der Waals surface area contributed by atoms with Crippen LogP contribution in [0.3, 0.4) is 0 Å². The molecule has 0 bridgehead atoms. The average Bonchev–Trinajstić information content (AvgIpc) is 2.98. The van der Waals surface area contributed by atoms with Crippen LogP contribution in [-0.4, -0.2) is 28.1 Å². The summed E-state index contributed by atoms with van der Waals surface area (Å²) in [5.74, 6) is 0.962. The summed E-state index contributed by atoms with van der Waals surface area (Å²) in [6.45, 7) is 0.758. The van der Waals surface area contributed by atoms with E-state index in [1.54, 1.807) is 18.0 Å². The van der Waals surface area contributed by atoms with Gasteiger partial charge in [0.05, 0.1) is 5.56 Å². The number of nitrogens with one attached hydrogen (secondary N) is 1. The number of para-hydroxylation sites is 1. The molecule has 0 saturated heterocycles. The molecule has 3 rings (SSSR count). The Hall–Kier alpha value is -1.55. The smallest absolute Gasteiger partial charge is 0.219 e. The van der Waals surface area contributed by atoms with Gasteiger partial charge in [0.1, 0.15) is 5.04 Å². The van der Waals surface area contributed by atoms with Crippen LogP contribution in [-0.2, 0) is 0 Å². The number of ketones is 1. The van der Waals surface area contributed by atoms with E-state index in [0.717, 1.165) is 28.8 Å². The van der Waals surface area contributed by atoms with E-state index in [-0.39, 0.29) is 5.78 Å². The highest BCUT2D eigenvalue weighted by atomic mass is 32.2. The van der Waals surface area contributed by atoms with E-state index in [1.165, 1.54) is 0 Å². The van der Waals surface area contributed by atoms with Gasteiger partial charge >= 0.3 is 0 Å². The first kappa shape index (κ1) is 9.66. The van der Waals surface area contributed by atoms with Gasteiger partial charge in [0, 0.05) is 29.4 Å². The molecule has 0 aliphatic carbocycles. The fourth-order valence-electron chi connectivity index (χ4n) is 1.85. The van der Waals surface area contributed by atoms with E-state index >= 15 is 0 Å². The summed E-state index contributed by atoms with van der Waals surface area (Å²) in [6, 6.07) is 7.82. The number of hydrogen-bond acceptors (Lipinski definition) is 3. The minimum absolute atomic E-state index is 0.0416. The average molecular weight is 230 g/mol. The predicted octanol–water partition coefficient (Wildman–Crippen LogP) is 2.50. The second-order valence-electron chi connectivity index (χ2n) is 3.61. The Morgan fingerprint density at radius 3 is 3.06 bits per heavy atom. The molecule has 0 fully saturated rings. The summed E-state index contributed by atoms with van der Waals surface area (Å²) in [7, 11) is 0. The first-order valence-corrected chi connectivity index (χ1v) is 6.13. The molecule has 1 N–H and O–H groups in total. The van der Waals surface area contributed by atoms with Gasteiger partial charge in [0.2, 0.25) is 5.78 Å². The molecule has 2 heterocycles. The van der Waals surface area contributed by atoms with E-state index in [1.807, 2.05) is 24.3 Å². The molecule has 0 spiro atoms. The van der Waals surface area contributed by atoms with Gasteiger partial charge in [-0.15, -0.1) is 11.8 Å². The van der Waals surface area contributed by atoms with Crippen LogP contribution in [0, 0.1) is 0 Å². The van der Waals surface area contributed by atoms with Crippen LogP contribution in [0.5, 0.6) is 0 Å². The van der Waals surface area contributed by atoms with Crippen molar-refractivity contribution >= 4 is 33.5 Å². The number of Topliss-reactive ketones (excluding diaryl/α,β-unsaturated/α-hetero) is 1. The van der Waals surface area contributed by atoms with Gasteiger partial charge in [-0.05, 0) is 6.07 Å². The summed E-state index contributed by atoms with van der Waals surface area (Å²) in [5, 5.41) is 1.62. The van der Waals surface area contributed by atoms with E-state index in [9.17, 15) is 4.79 Å². The maximum absolute atomic E-state index is 12.2. The zero-order valence-electron chi connectivity index (χ0n) is 8.56. The van der Waals surface area contributed by atoms with Crippen molar-refractivity contribution in [2.45, 2.75) is 0 Å². The van der Waals surface area contributed by atoms with Crippen molar-refractivity contribution in [3.63, 3.8) is 0 Å². The number of fused-ring (bicyclic) bond motifs is 1. The standard InChI is InChI=1S/C12H10N2OS/c15-11(12-13-5-6-16-12)9-7-14-10-4-2-1-3-8(9)10/h1-4,7,14H,5-6H2. The number of carbonyl (C=O) groups excluding carboxylic acids is 1. The first-order valence-electron chi connectivity index (χ1n) is 5.14. The minimum atomic E-state index is 0.0416. The predicted molar refractivity (Wildman–Crippen MR) is 67.4 cm³/mol. The van der Waals surface area contributed by atoms with Crippen LogP contribution < -0.4 is 0 Å². The number of aliphatic imine (C=N–C) groups is 1. The molecule has 1 aromatic carbocycles. The summed E-state index contributed by atoms with van der Waals surface area (Å²) >= 11 is 1.54. The highest BCUT2D eigenvalue weighted by Crippen LogP contribution is 2.22. The third-order valence-electron chi connectivity index (χ3n) is 2.61. The fourth-order valence-corrected chi connectivity index (χ4v) is 2.65. The highest BCUT2D eigenvalue weighted by Gasteiger charge is 2.20. The molecule has 1 aromatic heterocycles. The minimum Gasteiger partial charge on any atom is -0.360 e. The van der Waals surface area contributed by atoms with E-state index in [0.29, 0.717) is 5.04 Å². The molecule has 16 heavy (non-hydrogen) atoms. The third kappa shape index (κ3) is 1.46. The van der Waals surface area contributed by atoms with Crippen LogP contribution in [0.4, 0.5) is 0 Å². The Balaban J connectivity index is 2.09. The summed E-state index contributed by atoms with van der Waals surface area (Å²) in [6.07, 6.45) is 1.77. The summed E-state index contributed by atoms with van der Waals surface area (Å²) in [5.41, 5.74) is 1.72. The fraction of sp³-hybridized carbons (Fsp3) is 0.167. The Morgan fingerprint density at radius 1 is 1.38 bits per heavy atom. The number of hydrogen-bond donors (Lipinski definition) is 1. The molecule has 1 aliphatic heterocycles. The molecule has 2 aromatic rings. The summed E-state index contributed by atoms with van der Waals surface area (Å²) < 4.78 is 0. The maximum atomic E-state index is 12.2. The second kappa shape index (κ2) is 3.79. The highest BCUT2D eigenvalue weighted by molar-refractivity contribution is 8.16. The van der Waals surface area contributed by atoms with Gasteiger partial charge in [0.25, 0.3) is 0 Å². The zero-order chi connectivity index (χ0) is 11.0. The van der Waals surface area contributed by atoms with Crippen molar-refractivity contribution in [3.8, 4) is 0 Å². The lowest BCUT2D eigenvalue weighted by molar-refractivity contribution is 0.107. The largest absolute Gasteiger partial charge is 0.360 e. The second-order valence-corrected chi connectivity index (χ2v) is 4.70. The van der Waals surface area contributed by atoms with Crippen LogP contribution >= 0.6 is 11.8 Å². The van der Waals surface area contributed by atoms with Gasteiger partial charge in [-0.1, -0.05) is 18.2 Å². The Kier molecular flexibility index (Phi) is 2.29. The van der Waals surface area contributed by atoms with Crippen LogP contribution in [0.1, 0.15) is 10.4 Å². The van der Waals surface area contributed by atoms with Crippen molar-refractivity contribution in [3.05, 3.63) is 36.0 Å². The van der Waals surface area contributed by atoms with Gasteiger partial charge < -0.3 is 4.98 Å². The van der Waals surface area contributed by atoms with Crippen molar-refractivity contribution in [2.75, 3.05) is 12.3 Å². The Labute approximate surface area is 97.0 Å². The van der Waals surface area contributed by atoms with Gasteiger partial charge in [-0.2, -0.15) is 0 Å². The van der Waals surface area contributed by atoms with Gasteiger partial charge in [-0.3, -0.25) is 9.79 Å². The van der Waals surface area contributed by atoms with Crippen LogP contribution in [0.2, 0.25) is 0 Å². The maximum Gasteiger partial charge on any atom is 0.219 e. The molecule has 3 nitrogen and oxygen atoms in total. The Bertz CT molecular complexity index is 585. The molecule has 80 valence electrons.